The maximum Gasteiger partial charge on any atom is 0.335 e. The predicted molar refractivity (Wildman–Crippen MR) is 197 cm³/mol. The molecule has 14 heteroatoms. The van der Waals surface area contributed by atoms with E-state index in [2.05, 4.69) is 40.7 Å². The van der Waals surface area contributed by atoms with Crippen LogP contribution in [0.15, 0.2) is 11.6 Å². The zero-order chi connectivity index (χ0) is 41.1. The highest BCUT2D eigenvalue weighted by Crippen LogP contribution is 2.75. The number of carboxylic acid groups (broad SMARTS) is 2. The summed E-state index contributed by atoms with van der Waals surface area (Å²) < 4.78 is 23.4. The maximum absolute atomic E-state index is 13.4. The molecule has 6 fully saturated rings. The van der Waals surface area contributed by atoms with E-state index in [4.69, 9.17) is 18.9 Å². The Morgan fingerprint density at radius 3 is 2.07 bits per heavy atom. The number of aliphatic carboxylic acids is 2. The molecule has 0 unspecified atom stereocenters. The van der Waals surface area contributed by atoms with E-state index >= 15 is 0 Å². The van der Waals surface area contributed by atoms with Gasteiger partial charge in [-0.3, -0.25) is 4.79 Å². The standard InChI is InChI=1S/C42H64O14/c1-20-26(44)27(45)28(46)34(53-20)55-31-29(47)32(33(49)50)56-35(30(31)48)54-25-11-12-38(4)23(39(25,5)19-43)10-13-41(7)24(38)9-8-21-22-18-37(2,3)14-16-42(22,36(51)52)17-15-40(21,41)6/h8,19-20,22-32,34-35,44-48H,9-18H2,1-7H3,(H,49,50)(H,51,52)/t20-,22-,23+,24+,25-,26-,27+,28+,29-,30+,31-,32-,34+,35+,38-,39-,40+,41+,42-/m0/s1. The lowest BCUT2D eigenvalue weighted by Gasteiger charge is -2.71. The van der Waals surface area contributed by atoms with E-state index in [1.807, 2.05) is 6.92 Å². The van der Waals surface area contributed by atoms with Crippen molar-refractivity contribution in [3.63, 3.8) is 0 Å². The van der Waals surface area contributed by atoms with Gasteiger partial charge in [0.15, 0.2) is 18.7 Å². The Bertz CT molecular complexity index is 1600. The molecule has 2 saturated heterocycles. The second-order valence-corrected chi connectivity index (χ2v) is 20.4. The average molecular weight is 793 g/mol. The van der Waals surface area contributed by atoms with Gasteiger partial charge < -0.3 is 59.5 Å². The Labute approximate surface area is 328 Å². The van der Waals surface area contributed by atoms with Crippen LogP contribution in [0.4, 0.5) is 0 Å². The van der Waals surface area contributed by atoms with E-state index in [1.54, 1.807) is 0 Å². The number of fused-ring (bicyclic) bond motifs is 7. The SMILES string of the molecule is C[C@@H]1O[C@H](O[C@@H]2[C@@H](O)[C@H](O[C@H]3CC[C@]4(C)[C@H]5CC=C6[C@@H]7CC(C)(C)CC[C@]7(C(=O)O)CC[C@@]6(C)[C@]5(C)CC[C@H]4[C@]3(C)C=O)O[C@H](C(=O)O)[C@H]2O)[C@H](O)[C@H](O)[C@H]1O. The van der Waals surface area contributed by atoms with Crippen molar-refractivity contribution in [1.82, 2.24) is 0 Å². The van der Waals surface area contributed by atoms with Crippen LogP contribution >= 0.6 is 0 Å². The Kier molecular flexibility index (Phi) is 10.6. The maximum atomic E-state index is 13.4. The monoisotopic (exact) mass is 792 g/mol. The number of aliphatic hydroxyl groups is 5. The first-order chi connectivity index (χ1) is 26.0. The van der Waals surface area contributed by atoms with Crippen molar-refractivity contribution in [2.24, 2.45) is 50.2 Å². The molecule has 0 amide bonds. The fourth-order valence-electron chi connectivity index (χ4n) is 13.5. The van der Waals surface area contributed by atoms with Crippen LogP contribution in [0.2, 0.25) is 0 Å². The fraction of sp³-hybridized carbons (Fsp3) is 0.881. The van der Waals surface area contributed by atoms with Crippen LogP contribution in [-0.2, 0) is 33.3 Å². The third-order valence-corrected chi connectivity index (χ3v) is 17.2. The molecule has 19 atom stereocenters. The minimum atomic E-state index is -1.94. The molecule has 14 nitrogen and oxygen atoms in total. The quantitative estimate of drug-likeness (QED) is 0.112. The summed E-state index contributed by atoms with van der Waals surface area (Å²) in [5, 5.41) is 74.3. The van der Waals surface area contributed by atoms with Gasteiger partial charge >= 0.3 is 11.9 Å². The molecule has 0 aromatic rings. The van der Waals surface area contributed by atoms with Crippen LogP contribution in [0.3, 0.4) is 0 Å². The average Bonchev–Trinajstić information content (AvgIpc) is 3.13. The highest BCUT2D eigenvalue weighted by atomic mass is 16.7. The number of carbonyl (C=O) groups is 3. The lowest BCUT2D eigenvalue weighted by Crippen LogP contribution is -2.67. The molecule has 0 bridgehead atoms. The molecule has 0 aromatic carbocycles. The zero-order valence-electron chi connectivity index (χ0n) is 33.8. The van der Waals surface area contributed by atoms with E-state index in [1.165, 1.54) is 12.5 Å². The Morgan fingerprint density at radius 2 is 1.43 bits per heavy atom. The number of ether oxygens (including phenoxy) is 4. The Balaban J connectivity index is 1.15. The fourth-order valence-corrected chi connectivity index (χ4v) is 13.5. The summed E-state index contributed by atoms with van der Waals surface area (Å²) in [6.07, 6.45) is -6.80. The molecule has 2 aliphatic heterocycles. The van der Waals surface area contributed by atoms with Gasteiger partial charge in [-0.1, -0.05) is 53.2 Å². The van der Waals surface area contributed by atoms with Gasteiger partial charge in [0, 0.05) is 0 Å². The van der Waals surface area contributed by atoms with Gasteiger partial charge in [0.1, 0.15) is 42.9 Å². The van der Waals surface area contributed by atoms with Crippen LogP contribution in [-0.4, -0.2) is 121 Å². The number of hydrogen-bond donors (Lipinski definition) is 7. The number of aldehydes is 1. The van der Waals surface area contributed by atoms with Gasteiger partial charge in [-0.2, -0.15) is 0 Å². The first-order valence-corrected chi connectivity index (χ1v) is 20.7. The molecule has 7 aliphatic rings. The summed E-state index contributed by atoms with van der Waals surface area (Å²) in [7, 11) is 0. The van der Waals surface area contributed by atoms with Gasteiger partial charge in [-0.25, -0.2) is 4.79 Å². The molecule has 0 aromatic heterocycles. The first kappa shape index (κ1) is 42.1. The van der Waals surface area contributed by atoms with Gasteiger partial charge in [0.25, 0.3) is 0 Å². The summed E-state index contributed by atoms with van der Waals surface area (Å²) in [6.45, 7) is 14.8. The second kappa shape index (κ2) is 14.0. The molecular weight excluding hydrogens is 728 g/mol. The number of carboxylic acids is 2. The van der Waals surface area contributed by atoms with Crippen LogP contribution in [0.25, 0.3) is 0 Å². The van der Waals surface area contributed by atoms with Gasteiger partial charge in [-0.15, -0.1) is 0 Å². The molecule has 0 spiro atoms. The van der Waals surface area contributed by atoms with E-state index in [-0.39, 0.29) is 39.4 Å². The molecular formula is C42H64O14. The van der Waals surface area contributed by atoms with Crippen LogP contribution in [0.5, 0.6) is 0 Å². The minimum Gasteiger partial charge on any atom is -0.481 e. The van der Waals surface area contributed by atoms with Crippen molar-refractivity contribution >= 4 is 18.2 Å². The van der Waals surface area contributed by atoms with Crippen molar-refractivity contribution in [2.45, 2.75) is 180 Å². The van der Waals surface area contributed by atoms with Crippen molar-refractivity contribution in [2.75, 3.05) is 0 Å². The number of aliphatic hydroxyl groups excluding tert-OH is 5. The van der Waals surface area contributed by atoms with Crippen molar-refractivity contribution < 1.29 is 69.1 Å². The molecule has 7 N–H and O–H groups in total. The van der Waals surface area contributed by atoms with Gasteiger partial charge in [-0.05, 0) is 111 Å². The zero-order valence-corrected chi connectivity index (χ0v) is 33.8. The first-order valence-electron chi connectivity index (χ1n) is 20.7. The smallest absolute Gasteiger partial charge is 0.335 e. The third-order valence-electron chi connectivity index (χ3n) is 17.2. The number of rotatable bonds is 7. The summed E-state index contributed by atoms with van der Waals surface area (Å²) in [6, 6.07) is 0. The third kappa shape index (κ3) is 6.01. The molecule has 7 rings (SSSR count). The lowest BCUT2D eigenvalue weighted by molar-refractivity contribution is -0.362. The molecule has 5 aliphatic carbocycles. The normalized spacial score (nSPS) is 54.0. The number of carbonyl (C=O) groups excluding carboxylic acids is 1. The van der Waals surface area contributed by atoms with E-state index < -0.39 is 90.3 Å². The molecule has 2 heterocycles. The summed E-state index contributed by atoms with van der Waals surface area (Å²) in [5.74, 6) is -2.21. The predicted octanol–water partition coefficient (Wildman–Crippen LogP) is 3.18. The van der Waals surface area contributed by atoms with Crippen molar-refractivity contribution in [1.29, 1.82) is 0 Å². The summed E-state index contributed by atoms with van der Waals surface area (Å²) >= 11 is 0. The Morgan fingerprint density at radius 1 is 0.768 bits per heavy atom. The van der Waals surface area contributed by atoms with Gasteiger partial charge in [0.05, 0.1) is 23.0 Å². The van der Waals surface area contributed by atoms with Crippen molar-refractivity contribution in [3.05, 3.63) is 11.6 Å². The second-order valence-electron chi connectivity index (χ2n) is 20.4. The molecule has 4 saturated carbocycles. The van der Waals surface area contributed by atoms with E-state index in [9.17, 15) is 50.1 Å². The highest BCUT2D eigenvalue weighted by molar-refractivity contribution is 5.76. The minimum absolute atomic E-state index is 0.0222. The summed E-state index contributed by atoms with van der Waals surface area (Å²) in [4.78, 5) is 38.8. The van der Waals surface area contributed by atoms with Gasteiger partial charge in [0.2, 0.25) is 0 Å². The molecule has 0 radical (unpaired) electrons. The van der Waals surface area contributed by atoms with Crippen LogP contribution in [0, 0.1) is 50.2 Å². The van der Waals surface area contributed by atoms with Crippen LogP contribution in [0.1, 0.15) is 113 Å². The topological polar surface area (TPSA) is 230 Å². The van der Waals surface area contributed by atoms with Crippen molar-refractivity contribution in [3.8, 4) is 0 Å². The largest absolute Gasteiger partial charge is 0.481 e. The molecule has 56 heavy (non-hydrogen) atoms. The Hall–Kier alpha value is -2.01. The highest BCUT2D eigenvalue weighted by Gasteiger charge is 2.70. The number of hydrogen-bond acceptors (Lipinski definition) is 12. The lowest BCUT2D eigenvalue weighted by atomic mass is 9.33. The van der Waals surface area contributed by atoms with Crippen LogP contribution < -0.4 is 0 Å². The number of allylic oxidation sites excluding steroid dienone is 2. The van der Waals surface area contributed by atoms with E-state index in [0.29, 0.717) is 32.1 Å². The van der Waals surface area contributed by atoms with E-state index in [0.717, 1.165) is 38.4 Å². The molecule has 316 valence electrons. The summed E-state index contributed by atoms with van der Waals surface area (Å²) in [5.41, 5.74) is -1.14.